The van der Waals surface area contributed by atoms with Crippen LogP contribution in [0.2, 0.25) is 0 Å². The highest BCUT2D eigenvalue weighted by molar-refractivity contribution is 7.09. The van der Waals surface area contributed by atoms with E-state index in [4.69, 9.17) is 0 Å². The molecule has 1 aromatic carbocycles. The Balaban J connectivity index is 1.69. The maximum atomic E-state index is 12.5. The lowest BCUT2D eigenvalue weighted by atomic mass is 9.99. The van der Waals surface area contributed by atoms with Crippen molar-refractivity contribution in [2.24, 2.45) is 0 Å². The van der Waals surface area contributed by atoms with E-state index < -0.39 is 0 Å². The van der Waals surface area contributed by atoms with Crippen LogP contribution in [-0.2, 0) is 0 Å². The third-order valence-corrected chi connectivity index (χ3v) is 5.11. The minimum absolute atomic E-state index is 0.00848. The second-order valence-electron chi connectivity index (χ2n) is 6.00. The Bertz CT molecular complexity index is 732. The van der Waals surface area contributed by atoms with Gasteiger partial charge in [0.15, 0.2) is 0 Å². The summed E-state index contributed by atoms with van der Waals surface area (Å²) in [6.07, 6.45) is 2.90. The minimum atomic E-state index is 0.00848. The first-order valence-electron chi connectivity index (χ1n) is 7.77. The number of hydrogen-bond acceptors (Lipinski definition) is 4. The zero-order valence-electron chi connectivity index (χ0n) is 13.3. The van der Waals surface area contributed by atoms with Crippen molar-refractivity contribution >= 4 is 22.8 Å². The fourth-order valence-electron chi connectivity index (χ4n) is 2.60. The quantitative estimate of drug-likeness (QED) is 0.929. The summed E-state index contributed by atoms with van der Waals surface area (Å²) in [4.78, 5) is 18.8. The van der Waals surface area contributed by atoms with Crippen molar-refractivity contribution in [3.8, 4) is 5.75 Å². The lowest BCUT2D eigenvalue weighted by molar-refractivity contribution is 0.0767. The molecule has 5 heteroatoms. The van der Waals surface area contributed by atoms with Gasteiger partial charge in [-0.15, -0.1) is 11.3 Å². The Morgan fingerprint density at radius 3 is 2.61 bits per heavy atom. The van der Waals surface area contributed by atoms with Gasteiger partial charge >= 0.3 is 0 Å². The number of carbonyl (C=O) groups excluding carboxylic acids is 1. The molecule has 3 rings (SSSR count). The molecule has 1 amide bonds. The molecule has 0 saturated carbocycles. The van der Waals surface area contributed by atoms with E-state index in [1.807, 2.05) is 22.4 Å². The SMILES string of the molecule is CC(C)c1nc(C(=O)N2CC=C(c3ccc(O)cc3)CC2)cs1. The molecule has 0 unspecified atom stereocenters. The molecule has 0 saturated heterocycles. The standard InChI is InChI=1S/C18H20N2O2S/c1-12(2)17-19-16(11-23-17)18(22)20-9-7-14(8-10-20)13-3-5-15(21)6-4-13/h3-7,11-12,21H,8-10H2,1-2H3. The first kappa shape index (κ1) is 15.7. The van der Waals surface area contributed by atoms with Crippen molar-refractivity contribution in [3.05, 3.63) is 52.0 Å². The van der Waals surface area contributed by atoms with Gasteiger partial charge in [-0.2, -0.15) is 0 Å². The first-order valence-corrected chi connectivity index (χ1v) is 8.65. The molecule has 2 heterocycles. The molecular weight excluding hydrogens is 308 g/mol. The molecule has 23 heavy (non-hydrogen) atoms. The number of aromatic nitrogens is 1. The fraction of sp³-hybridized carbons (Fsp3) is 0.333. The van der Waals surface area contributed by atoms with Crippen LogP contribution in [0.5, 0.6) is 5.75 Å². The molecule has 1 aliphatic heterocycles. The summed E-state index contributed by atoms with van der Waals surface area (Å²) in [7, 11) is 0. The molecule has 0 bridgehead atoms. The van der Waals surface area contributed by atoms with Gasteiger partial charge in [0.05, 0.1) is 5.01 Å². The van der Waals surface area contributed by atoms with E-state index in [1.165, 1.54) is 5.57 Å². The molecule has 0 radical (unpaired) electrons. The number of nitrogens with zero attached hydrogens (tertiary/aromatic N) is 2. The lowest BCUT2D eigenvalue weighted by Crippen LogP contribution is -2.34. The van der Waals surface area contributed by atoms with Crippen LogP contribution in [-0.4, -0.2) is 34.0 Å². The number of amides is 1. The molecule has 0 fully saturated rings. The molecule has 1 N–H and O–H groups in total. The number of phenols is 1. The van der Waals surface area contributed by atoms with Gasteiger partial charge in [-0.05, 0) is 29.7 Å². The predicted octanol–water partition coefficient (Wildman–Crippen LogP) is 3.90. The molecule has 4 nitrogen and oxygen atoms in total. The summed E-state index contributed by atoms with van der Waals surface area (Å²) < 4.78 is 0. The zero-order valence-corrected chi connectivity index (χ0v) is 14.1. The average Bonchev–Trinajstić information content (AvgIpc) is 3.05. The van der Waals surface area contributed by atoms with E-state index in [0.29, 0.717) is 24.7 Å². The monoisotopic (exact) mass is 328 g/mol. The molecule has 120 valence electrons. The minimum Gasteiger partial charge on any atom is -0.508 e. The zero-order chi connectivity index (χ0) is 16.4. The van der Waals surface area contributed by atoms with Crippen molar-refractivity contribution < 1.29 is 9.90 Å². The van der Waals surface area contributed by atoms with Gasteiger partial charge in [0.2, 0.25) is 0 Å². The third-order valence-electron chi connectivity index (χ3n) is 3.97. The molecule has 1 aromatic heterocycles. The van der Waals surface area contributed by atoms with Gasteiger partial charge in [0, 0.05) is 24.4 Å². The van der Waals surface area contributed by atoms with Crippen LogP contribution in [0.3, 0.4) is 0 Å². The van der Waals surface area contributed by atoms with Gasteiger partial charge in [-0.3, -0.25) is 4.79 Å². The van der Waals surface area contributed by atoms with Crippen molar-refractivity contribution in [2.75, 3.05) is 13.1 Å². The average molecular weight is 328 g/mol. The van der Waals surface area contributed by atoms with Crippen molar-refractivity contribution in [3.63, 3.8) is 0 Å². The molecule has 0 spiro atoms. The molecular formula is C18H20N2O2S. The van der Waals surface area contributed by atoms with E-state index >= 15 is 0 Å². The largest absolute Gasteiger partial charge is 0.508 e. The van der Waals surface area contributed by atoms with Gasteiger partial charge in [0.1, 0.15) is 11.4 Å². The molecule has 0 atom stereocenters. The maximum Gasteiger partial charge on any atom is 0.273 e. The number of carbonyl (C=O) groups is 1. The highest BCUT2D eigenvalue weighted by atomic mass is 32.1. The lowest BCUT2D eigenvalue weighted by Gasteiger charge is -2.26. The van der Waals surface area contributed by atoms with Crippen LogP contribution in [0, 0.1) is 0 Å². The first-order chi connectivity index (χ1) is 11.0. The van der Waals surface area contributed by atoms with Gasteiger partial charge < -0.3 is 10.0 Å². The van der Waals surface area contributed by atoms with E-state index in [9.17, 15) is 9.90 Å². The smallest absolute Gasteiger partial charge is 0.273 e. The summed E-state index contributed by atoms with van der Waals surface area (Å²) in [5.74, 6) is 0.629. The number of benzene rings is 1. The van der Waals surface area contributed by atoms with E-state index in [-0.39, 0.29) is 11.7 Å². The van der Waals surface area contributed by atoms with Crippen molar-refractivity contribution in [2.45, 2.75) is 26.2 Å². The normalized spacial score (nSPS) is 14.9. The summed E-state index contributed by atoms with van der Waals surface area (Å²) in [6, 6.07) is 7.20. The number of aromatic hydroxyl groups is 1. The van der Waals surface area contributed by atoms with Crippen LogP contribution < -0.4 is 0 Å². The molecule has 1 aliphatic rings. The summed E-state index contributed by atoms with van der Waals surface area (Å²) in [6.45, 7) is 5.46. The summed E-state index contributed by atoms with van der Waals surface area (Å²) in [5.41, 5.74) is 2.88. The number of rotatable bonds is 3. The van der Waals surface area contributed by atoms with Crippen LogP contribution in [0.1, 0.15) is 47.2 Å². The van der Waals surface area contributed by atoms with Crippen molar-refractivity contribution in [1.29, 1.82) is 0 Å². The second-order valence-corrected chi connectivity index (χ2v) is 6.89. The summed E-state index contributed by atoms with van der Waals surface area (Å²) >= 11 is 1.55. The highest BCUT2D eigenvalue weighted by Gasteiger charge is 2.21. The Labute approximate surface area is 140 Å². The van der Waals surface area contributed by atoms with Gasteiger partial charge in [-0.25, -0.2) is 4.98 Å². The van der Waals surface area contributed by atoms with E-state index in [0.717, 1.165) is 17.0 Å². The Morgan fingerprint density at radius 1 is 1.30 bits per heavy atom. The predicted molar refractivity (Wildman–Crippen MR) is 92.8 cm³/mol. The Kier molecular flexibility index (Phi) is 4.48. The van der Waals surface area contributed by atoms with Gasteiger partial charge in [0.25, 0.3) is 5.91 Å². The van der Waals surface area contributed by atoms with E-state index in [1.54, 1.807) is 23.5 Å². The van der Waals surface area contributed by atoms with Gasteiger partial charge in [-0.1, -0.05) is 32.1 Å². The molecule has 2 aromatic rings. The Morgan fingerprint density at radius 2 is 2.04 bits per heavy atom. The second kappa shape index (κ2) is 6.54. The van der Waals surface area contributed by atoms with Crippen LogP contribution in [0.15, 0.2) is 35.7 Å². The number of hydrogen-bond donors (Lipinski definition) is 1. The van der Waals surface area contributed by atoms with Crippen LogP contribution in [0.4, 0.5) is 0 Å². The van der Waals surface area contributed by atoms with Crippen molar-refractivity contribution in [1.82, 2.24) is 9.88 Å². The number of thiazole rings is 1. The highest BCUT2D eigenvalue weighted by Crippen LogP contribution is 2.25. The van der Waals surface area contributed by atoms with Crippen LogP contribution >= 0.6 is 11.3 Å². The van der Waals surface area contributed by atoms with E-state index in [2.05, 4.69) is 24.9 Å². The van der Waals surface area contributed by atoms with Crippen LogP contribution in [0.25, 0.3) is 5.57 Å². The summed E-state index contributed by atoms with van der Waals surface area (Å²) in [5, 5.41) is 12.2. The number of phenolic OH excluding ortho intramolecular Hbond substituents is 1. The molecule has 0 aliphatic carbocycles. The fourth-order valence-corrected chi connectivity index (χ4v) is 3.41. The topological polar surface area (TPSA) is 53.4 Å². The Hall–Kier alpha value is -2.14. The maximum absolute atomic E-state index is 12.5. The third kappa shape index (κ3) is 3.45.